The molecule has 2 atom stereocenters. The van der Waals surface area contributed by atoms with Crippen molar-refractivity contribution in [3.05, 3.63) is 35.4 Å². The lowest BCUT2D eigenvalue weighted by Gasteiger charge is -2.09. The van der Waals surface area contributed by atoms with Crippen molar-refractivity contribution in [1.29, 1.82) is 5.41 Å². The van der Waals surface area contributed by atoms with Crippen LogP contribution >= 0.6 is 0 Å². The maximum Gasteiger partial charge on any atom is 0.306 e. The molecular weight excluding hydrogens is 234 g/mol. The molecule has 96 valence electrons. The summed E-state index contributed by atoms with van der Waals surface area (Å²) in [4.78, 5) is 15.8. The van der Waals surface area contributed by atoms with Crippen molar-refractivity contribution in [3.8, 4) is 0 Å². The van der Waals surface area contributed by atoms with Crippen molar-refractivity contribution in [2.75, 3.05) is 0 Å². The Balaban J connectivity index is 2.01. The van der Waals surface area contributed by atoms with E-state index >= 15 is 0 Å². The van der Waals surface area contributed by atoms with E-state index in [4.69, 9.17) is 21.1 Å². The maximum atomic E-state index is 10.6. The first kappa shape index (κ1) is 12.5. The molecule has 6 heteroatoms. The summed E-state index contributed by atoms with van der Waals surface area (Å²) in [6, 6.07) is 7.24. The molecule has 1 fully saturated rings. The first-order valence-corrected chi connectivity index (χ1v) is 5.63. The summed E-state index contributed by atoms with van der Waals surface area (Å²) < 4.78 is 0. The summed E-state index contributed by atoms with van der Waals surface area (Å²) in [6.45, 7) is 0. The van der Waals surface area contributed by atoms with Gasteiger partial charge in [0.15, 0.2) is 0 Å². The summed E-state index contributed by atoms with van der Waals surface area (Å²) in [5.41, 5.74) is 9.86. The molecule has 1 aromatic carbocycles. The van der Waals surface area contributed by atoms with Crippen LogP contribution in [-0.2, 0) is 9.63 Å². The van der Waals surface area contributed by atoms with Crippen molar-refractivity contribution in [1.82, 2.24) is 5.48 Å². The molecule has 0 bridgehead atoms. The van der Waals surface area contributed by atoms with E-state index in [-0.39, 0.29) is 24.4 Å². The Morgan fingerprint density at radius 1 is 1.50 bits per heavy atom. The topological polar surface area (TPSA) is 108 Å². The van der Waals surface area contributed by atoms with E-state index in [1.54, 1.807) is 12.1 Å². The second-order valence-corrected chi connectivity index (χ2v) is 4.28. The van der Waals surface area contributed by atoms with Crippen molar-refractivity contribution >= 4 is 11.8 Å². The smallest absolute Gasteiger partial charge is 0.306 e. The van der Waals surface area contributed by atoms with Gasteiger partial charge in [0, 0.05) is 5.56 Å². The van der Waals surface area contributed by atoms with Gasteiger partial charge in [-0.15, -0.1) is 0 Å². The number of rotatable bonds is 4. The Labute approximate surface area is 104 Å². The predicted molar refractivity (Wildman–Crippen MR) is 65.1 cm³/mol. The van der Waals surface area contributed by atoms with Gasteiger partial charge in [-0.25, -0.2) is 0 Å². The lowest BCUT2D eigenvalue weighted by molar-refractivity contribution is -0.140. The number of nitrogens with two attached hydrogens (primary N) is 1. The number of hydrogen-bond donors (Lipinski definition) is 4. The van der Waals surface area contributed by atoms with Crippen molar-refractivity contribution in [2.24, 2.45) is 5.73 Å². The number of nitrogens with one attached hydrogen (secondary N) is 2. The number of carboxylic acids is 1. The fourth-order valence-corrected chi connectivity index (χ4v) is 1.96. The number of hydrogen-bond acceptors (Lipinski definition) is 4. The molecule has 1 saturated heterocycles. The Morgan fingerprint density at radius 3 is 2.72 bits per heavy atom. The Bertz CT molecular complexity index is 458. The standard InChI is InChI=1S/C12H15N3O3/c13-12(14)8-3-1-7(2-4-8)10-5-9(18-15-10)6-11(16)17/h1-4,9-10,15H,5-6H2,(H3,13,14)(H,16,17). The molecule has 0 amide bonds. The highest BCUT2D eigenvalue weighted by Gasteiger charge is 2.28. The molecule has 1 aliphatic rings. The fraction of sp³-hybridized carbons (Fsp3) is 0.333. The Hall–Kier alpha value is -1.92. The zero-order chi connectivity index (χ0) is 13.1. The molecular formula is C12H15N3O3. The minimum absolute atomic E-state index is 0.00493. The molecule has 0 radical (unpaired) electrons. The van der Waals surface area contributed by atoms with E-state index < -0.39 is 5.97 Å². The van der Waals surface area contributed by atoms with E-state index in [1.165, 1.54) is 0 Å². The number of nitrogen functional groups attached to an aromatic ring is 1. The van der Waals surface area contributed by atoms with Gasteiger partial charge in [0.2, 0.25) is 0 Å². The molecule has 2 unspecified atom stereocenters. The van der Waals surface area contributed by atoms with Gasteiger partial charge >= 0.3 is 5.97 Å². The van der Waals surface area contributed by atoms with E-state index in [0.717, 1.165) is 5.56 Å². The summed E-state index contributed by atoms with van der Waals surface area (Å²) in [7, 11) is 0. The van der Waals surface area contributed by atoms with Gasteiger partial charge in [-0.1, -0.05) is 24.3 Å². The molecule has 0 spiro atoms. The summed E-state index contributed by atoms with van der Waals surface area (Å²) in [5, 5.41) is 16.0. The zero-order valence-electron chi connectivity index (χ0n) is 9.72. The minimum Gasteiger partial charge on any atom is -0.481 e. The number of carbonyl (C=O) groups is 1. The van der Waals surface area contributed by atoms with Gasteiger partial charge in [-0.2, -0.15) is 5.48 Å². The lowest BCUT2D eigenvalue weighted by atomic mass is 10.00. The third-order valence-corrected chi connectivity index (χ3v) is 2.90. The molecule has 6 nitrogen and oxygen atoms in total. The van der Waals surface area contributed by atoms with Crippen LogP contribution in [0.15, 0.2) is 24.3 Å². The summed E-state index contributed by atoms with van der Waals surface area (Å²) >= 11 is 0. The highest BCUT2D eigenvalue weighted by atomic mass is 16.7. The number of hydroxylamine groups is 1. The SMILES string of the molecule is N=C(N)c1ccc(C2CC(CC(=O)O)ON2)cc1. The average molecular weight is 249 g/mol. The first-order valence-electron chi connectivity index (χ1n) is 5.63. The van der Waals surface area contributed by atoms with Crippen LogP contribution in [0.5, 0.6) is 0 Å². The summed E-state index contributed by atoms with van der Waals surface area (Å²) in [5.74, 6) is -0.838. The largest absolute Gasteiger partial charge is 0.481 e. The van der Waals surface area contributed by atoms with Crippen molar-refractivity contribution in [3.63, 3.8) is 0 Å². The quantitative estimate of drug-likeness (QED) is 0.466. The fourth-order valence-electron chi connectivity index (χ4n) is 1.96. The van der Waals surface area contributed by atoms with Crippen LogP contribution < -0.4 is 11.2 Å². The van der Waals surface area contributed by atoms with Crippen LogP contribution in [0.2, 0.25) is 0 Å². The van der Waals surface area contributed by atoms with Gasteiger partial charge in [0.05, 0.1) is 18.6 Å². The Kier molecular flexibility index (Phi) is 3.59. The van der Waals surface area contributed by atoms with Crippen LogP contribution in [-0.4, -0.2) is 23.0 Å². The van der Waals surface area contributed by atoms with E-state index in [1.807, 2.05) is 12.1 Å². The van der Waals surface area contributed by atoms with Crippen molar-refractivity contribution < 1.29 is 14.7 Å². The van der Waals surface area contributed by atoms with E-state index in [9.17, 15) is 4.79 Å². The third-order valence-electron chi connectivity index (χ3n) is 2.90. The van der Waals surface area contributed by atoms with Crippen LogP contribution in [0.3, 0.4) is 0 Å². The molecule has 1 heterocycles. The van der Waals surface area contributed by atoms with Crippen LogP contribution in [0.25, 0.3) is 0 Å². The lowest BCUT2D eigenvalue weighted by Crippen LogP contribution is -2.15. The maximum absolute atomic E-state index is 10.6. The van der Waals surface area contributed by atoms with Gasteiger partial charge in [0.1, 0.15) is 5.84 Å². The van der Waals surface area contributed by atoms with E-state index in [2.05, 4.69) is 5.48 Å². The molecule has 18 heavy (non-hydrogen) atoms. The Morgan fingerprint density at radius 2 is 2.17 bits per heavy atom. The van der Waals surface area contributed by atoms with Crippen molar-refractivity contribution in [2.45, 2.75) is 25.0 Å². The number of carboxylic acid groups (broad SMARTS) is 1. The summed E-state index contributed by atoms with van der Waals surface area (Å²) in [6.07, 6.45) is 0.306. The number of amidine groups is 1. The second-order valence-electron chi connectivity index (χ2n) is 4.28. The molecule has 0 aliphatic carbocycles. The van der Waals surface area contributed by atoms with Crippen LogP contribution in [0, 0.1) is 5.41 Å². The molecule has 1 aromatic rings. The number of benzene rings is 1. The van der Waals surface area contributed by atoms with Gasteiger partial charge in [0.25, 0.3) is 0 Å². The van der Waals surface area contributed by atoms with Crippen LogP contribution in [0.1, 0.15) is 30.0 Å². The highest BCUT2D eigenvalue weighted by Crippen LogP contribution is 2.26. The second kappa shape index (κ2) is 5.16. The number of aliphatic carboxylic acids is 1. The molecule has 0 aromatic heterocycles. The molecule has 5 N–H and O–H groups in total. The normalized spacial score (nSPS) is 22.9. The highest BCUT2D eigenvalue weighted by molar-refractivity contribution is 5.94. The first-order chi connectivity index (χ1) is 8.56. The van der Waals surface area contributed by atoms with Crippen LogP contribution in [0.4, 0.5) is 0 Å². The minimum atomic E-state index is -0.866. The molecule has 0 saturated carbocycles. The zero-order valence-corrected chi connectivity index (χ0v) is 9.72. The predicted octanol–water partition coefficient (Wildman–Crippen LogP) is 0.780. The van der Waals surface area contributed by atoms with Gasteiger partial charge < -0.3 is 10.8 Å². The molecule has 2 rings (SSSR count). The third kappa shape index (κ3) is 2.85. The van der Waals surface area contributed by atoms with Gasteiger partial charge in [-0.3, -0.25) is 15.0 Å². The van der Waals surface area contributed by atoms with Gasteiger partial charge in [-0.05, 0) is 12.0 Å². The molecule has 1 aliphatic heterocycles. The monoisotopic (exact) mass is 249 g/mol. The average Bonchev–Trinajstić information content (AvgIpc) is 2.76. The van der Waals surface area contributed by atoms with E-state index in [0.29, 0.717) is 12.0 Å².